The van der Waals surface area contributed by atoms with Crippen LogP contribution in [-0.4, -0.2) is 57.2 Å². The van der Waals surface area contributed by atoms with Crippen molar-refractivity contribution < 1.29 is 34.4 Å². The van der Waals surface area contributed by atoms with Crippen molar-refractivity contribution in [3.8, 4) is 0 Å². The Labute approximate surface area is 193 Å². The zero-order chi connectivity index (χ0) is 24.8. The van der Waals surface area contributed by atoms with E-state index in [1.54, 1.807) is 18.2 Å². The summed E-state index contributed by atoms with van der Waals surface area (Å²) in [6.45, 7) is 5.35. The maximum absolute atomic E-state index is 13.4. The highest BCUT2D eigenvalue weighted by Crippen LogP contribution is 2.44. The Balaban J connectivity index is 2.07. The molecule has 5 N–H and O–H groups in total. The molecule has 0 saturated heterocycles. The average Bonchev–Trinajstić information content (AvgIpc) is 2.70. The number of carbonyl (C=O) groups is 2. The molecule has 2 rings (SSSR count). The van der Waals surface area contributed by atoms with Crippen molar-refractivity contribution in [2.45, 2.75) is 51.9 Å². The summed E-state index contributed by atoms with van der Waals surface area (Å²) in [6, 6.07) is 4.79. The largest absolute Gasteiger partial charge is 0.480 e. The van der Waals surface area contributed by atoms with Crippen LogP contribution in [0.2, 0.25) is 0 Å². The first-order chi connectivity index (χ1) is 15.4. The van der Waals surface area contributed by atoms with Crippen molar-refractivity contribution in [1.82, 2.24) is 5.32 Å². The van der Waals surface area contributed by atoms with Gasteiger partial charge in [-0.15, -0.1) is 0 Å². The summed E-state index contributed by atoms with van der Waals surface area (Å²) in [5.41, 5.74) is 2.64. The van der Waals surface area contributed by atoms with Gasteiger partial charge in [-0.1, -0.05) is 55.9 Å². The number of rotatable bonds is 10. The van der Waals surface area contributed by atoms with E-state index in [2.05, 4.69) is 25.2 Å². The highest BCUT2D eigenvalue weighted by atomic mass is 19.1. The Kier molecular flexibility index (Phi) is 9.10. The van der Waals surface area contributed by atoms with Gasteiger partial charge in [-0.3, -0.25) is 4.79 Å². The van der Waals surface area contributed by atoms with Crippen molar-refractivity contribution in [2.24, 2.45) is 11.3 Å². The zero-order valence-electron chi connectivity index (χ0n) is 19.0. The van der Waals surface area contributed by atoms with Crippen molar-refractivity contribution in [3.05, 3.63) is 65.5 Å². The minimum Gasteiger partial charge on any atom is -0.480 e. The van der Waals surface area contributed by atoms with E-state index in [4.69, 9.17) is 10.2 Å². The van der Waals surface area contributed by atoms with E-state index in [1.807, 2.05) is 19.1 Å². The van der Waals surface area contributed by atoms with Crippen LogP contribution in [0.1, 0.15) is 39.2 Å². The van der Waals surface area contributed by atoms with Gasteiger partial charge < -0.3 is 25.7 Å². The van der Waals surface area contributed by atoms with Gasteiger partial charge in [0.05, 0.1) is 25.2 Å². The molecular weight excluding hydrogens is 429 g/mol. The molecule has 180 valence electrons. The van der Waals surface area contributed by atoms with E-state index in [9.17, 15) is 24.2 Å². The second kappa shape index (κ2) is 11.4. The van der Waals surface area contributed by atoms with Gasteiger partial charge >= 0.3 is 5.97 Å². The number of aliphatic hydroxyl groups is 3. The van der Waals surface area contributed by atoms with Gasteiger partial charge in [-0.05, 0) is 35.6 Å². The third kappa shape index (κ3) is 7.63. The summed E-state index contributed by atoms with van der Waals surface area (Å²) >= 11 is 0. The Morgan fingerprint density at radius 2 is 1.85 bits per heavy atom. The summed E-state index contributed by atoms with van der Waals surface area (Å²) < 4.78 is 13.4. The molecule has 1 aromatic rings. The van der Waals surface area contributed by atoms with Gasteiger partial charge in [-0.25, -0.2) is 9.18 Å². The smallest absolute Gasteiger partial charge is 0.328 e. The molecule has 8 heteroatoms. The molecule has 1 aliphatic carbocycles. The minimum atomic E-state index is -1.45. The first kappa shape index (κ1) is 26.4. The lowest BCUT2D eigenvalue weighted by molar-refractivity contribution is -0.143. The van der Waals surface area contributed by atoms with Gasteiger partial charge in [0, 0.05) is 12.3 Å². The van der Waals surface area contributed by atoms with Crippen LogP contribution < -0.4 is 5.32 Å². The fourth-order valence-electron chi connectivity index (χ4n) is 4.04. The van der Waals surface area contributed by atoms with Gasteiger partial charge in [0.15, 0.2) is 0 Å². The van der Waals surface area contributed by atoms with E-state index in [0.717, 1.165) is 16.7 Å². The highest BCUT2D eigenvalue weighted by molar-refractivity contribution is 5.83. The summed E-state index contributed by atoms with van der Waals surface area (Å²) in [5, 5.41) is 40.4. The number of allylic oxidation sites excluding steroid dienone is 5. The lowest BCUT2D eigenvalue weighted by atomic mass is 9.68. The molecule has 0 fully saturated rings. The number of amides is 1. The maximum Gasteiger partial charge on any atom is 0.328 e. The Hall–Kier alpha value is -2.81. The summed E-state index contributed by atoms with van der Waals surface area (Å²) in [5.74, 6) is -2.57. The Morgan fingerprint density at radius 3 is 2.42 bits per heavy atom. The molecule has 0 spiro atoms. The van der Waals surface area contributed by atoms with Crippen molar-refractivity contribution >= 4 is 17.4 Å². The molecule has 0 aliphatic heterocycles. The molecule has 0 bridgehead atoms. The molecule has 1 unspecified atom stereocenters. The minimum absolute atomic E-state index is 0.123. The molecule has 1 aliphatic rings. The predicted octanol–water partition coefficient (Wildman–Crippen LogP) is 2.43. The molecule has 4 atom stereocenters. The summed E-state index contributed by atoms with van der Waals surface area (Å²) in [4.78, 5) is 22.7. The van der Waals surface area contributed by atoms with Crippen LogP contribution in [0.3, 0.4) is 0 Å². The van der Waals surface area contributed by atoms with E-state index in [-0.39, 0.29) is 23.6 Å². The Morgan fingerprint density at radius 1 is 1.21 bits per heavy atom. The number of hydrogen-bond donors (Lipinski definition) is 5. The molecule has 33 heavy (non-hydrogen) atoms. The summed E-state index contributed by atoms with van der Waals surface area (Å²) in [7, 11) is 0. The van der Waals surface area contributed by atoms with Gasteiger partial charge in [0.2, 0.25) is 5.91 Å². The van der Waals surface area contributed by atoms with Crippen molar-refractivity contribution in [3.63, 3.8) is 0 Å². The third-order valence-corrected chi connectivity index (χ3v) is 5.57. The van der Waals surface area contributed by atoms with Crippen LogP contribution in [0.4, 0.5) is 4.39 Å². The van der Waals surface area contributed by atoms with E-state index < -0.39 is 43.2 Å². The molecule has 0 aromatic heterocycles. The molecular formula is C25H32FNO6. The number of carboxylic acid groups (broad SMARTS) is 1. The highest BCUT2D eigenvalue weighted by Gasteiger charge is 2.32. The SMILES string of the molecule is CC1=CC(C)(C)C(C=C[C@H](O)C[C@@H](O)CC(=O)N[C@@H](CO)C(=O)O)C(c2ccc(F)cc2)=C1. The fourth-order valence-corrected chi connectivity index (χ4v) is 4.04. The van der Waals surface area contributed by atoms with Gasteiger partial charge in [0.25, 0.3) is 0 Å². The van der Waals surface area contributed by atoms with Gasteiger partial charge in [-0.2, -0.15) is 0 Å². The van der Waals surface area contributed by atoms with Crippen molar-refractivity contribution in [2.75, 3.05) is 6.61 Å². The first-order valence-electron chi connectivity index (χ1n) is 10.8. The normalized spacial score (nSPS) is 20.5. The predicted molar refractivity (Wildman–Crippen MR) is 122 cm³/mol. The number of carbonyl (C=O) groups excluding carboxylic acids is 1. The van der Waals surface area contributed by atoms with Crippen molar-refractivity contribution in [1.29, 1.82) is 0 Å². The third-order valence-electron chi connectivity index (χ3n) is 5.57. The number of halogens is 1. The fraction of sp³-hybridized carbons (Fsp3) is 0.440. The number of aliphatic hydroxyl groups excluding tert-OH is 3. The lowest BCUT2D eigenvalue weighted by Crippen LogP contribution is -2.44. The molecule has 0 heterocycles. The zero-order valence-corrected chi connectivity index (χ0v) is 19.0. The lowest BCUT2D eigenvalue weighted by Gasteiger charge is -2.36. The van der Waals surface area contributed by atoms with Crippen LogP contribution in [0.15, 0.2) is 54.1 Å². The number of carboxylic acids is 1. The molecule has 0 saturated carbocycles. The van der Waals surface area contributed by atoms with E-state index in [1.165, 1.54) is 12.1 Å². The molecule has 7 nitrogen and oxygen atoms in total. The topological polar surface area (TPSA) is 127 Å². The number of hydrogen-bond acceptors (Lipinski definition) is 5. The molecule has 1 amide bonds. The van der Waals surface area contributed by atoms with E-state index >= 15 is 0 Å². The van der Waals surface area contributed by atoms with Crippen LogP contribution >= 0.6 is 0 Å². The standard InChI is InChI=1S/C25H32FNO6/c1-15-10-20(16-4-6-17(26)7-5-16)21(25(2,3)13-15)9-8-18(29)11-19(30)12-23(31)27-22(14-28)24(32)33/h4-10,13,18-19,21-22,28-30H,11-12,14H2,1-3H3,(H,27,31)(H,32,33)/t18-,19+,21?,22-/m0/s1. The number of nitrogens with one attached hydrogen (secondary N) is 1. The maximum atomic E-state index is 13.4. The van der Waals surface area contributed by atoms with Crippen LogP contribution in [0.25, 0.3) is 5.57 Å². The molecule has 0 radical (unpaired) electrons. The second-order valence-corrected chi connectivity index (χ2v) is 8.98. The average molecular weight is 462 g/mol. The first-order valence-corrected chi connectivity index (χ1v) is 10.8. The van der Waals surface area contributed by atoms with Gasteiger partial charge in [0.1, 0.15) is 11.9 Å². The second-order valence-electron chi connectivity index (χ2n) is 8.98. The van der Waals surface area contributed by atoms with Crippen LogP contribution in [-0.2, 0) is 9.59 Å². The van der Waals surface area contributed by atoms with Crippen LogP contribution in [0, 0.1) is 17.2 Å². The number of benzene rings is 1. The quantitative estimate of drug-likeness (QED) is 0.341. The van der Waals surface area contributed by atoms with Crippen LogP contribution in [0.5, 0.6) is 0 Å². The van der Waals surface area contributed by atoms with E-state index in [0.29, 0.717) is 0 Å². The number of aliphatic carboxylic acids is 1. The summed E-state index contributed by atoms with van der Waals surface area (Å²) in [6.07, 6.45) is 4.78. The molecule has 1 aromatic carbocycles. The Bertz CT molecular complexity index is 935. The monoisotopic (exact) mass is 461 g/mol.